The number of fused-ring (bicyclic) bond motifs is 3. The molecule has 0 amide bonds. The number of thiazole rings is 1. The molecule has 1 aliphatic rings. The Morgan fingerprint density at radius 1 is 1.07 bits per heavy atom. The zero-order chi connectivity index (χ0) is 19.1. The van der Waals surface area contributed by atoms with Crippen molar-refractivity contribution in [1.82, 2.24) is 14.5 Å². The quantitative estimate of drug-likeness (QED) is 0.533. The molecule has 2 aromatic heterocycles. The Kier molecular flexibility index (Phi) is 4.31. The second-order valence-corrected chi connectivity index (χ2v) is 8.24. The number of aromatic nitrogens is 3. The van der Waals surface area contributed by atoms with Crippen LogP contribution in [0.25, 0.3) is 21.3 Å². The molecule has 2 aromatic carbocycles. The first-order chi connectivity index (χ1) is 13.7. The minimum Gasteiger partial charge on any atom is -0.495 e. The predicted octanol–water partition coefficient (Wildman–Crippen LogP) is 4.93. The van der Waals surface area contributed by atoms with Crippen LogP contribution in [0, 0.1) is 0 Å². The molecule has 1 N–H and O–H groups in total. The van der Waals surface area contributed by atoms with Crippen molar-refractivity contribution in [3.8, 4) is 5.75 Å². The minimum atomic E-state index is 0.822. The molecule has 28 heavy (non-hydrogen) atoms. The number of benzene rings is 2. The summed E-state index contributed by atoms with van der Waals surface area (Å²) in [4.78, 5) is 11.8. The fraction of sp³-hybridized carbons (Fsp3) is 0.333. The summed E-state index contributed by atoms with van der Waals surface area (Å²) in [5, 5.41) is 4.33. The highest BCUT2D eigenvalue weighted by Crippen LogP contribution is 2.37. The SMILES string of the molecule is COc1ccc(N2CCCCC2)cc1Nc1nc2c(ccc3c2ncn3C)s1. The molecule has 0 bridgehead atoms. The van der Waals surface area contributed by atoms with Crippen LogP contribution in [-0.4, -0.2) is 34.7 Å². The van der Waals surface area contributed by atoms with E-state index in [1.165, 1.54) is 24.9 Å². The average molecular weight is 394 g/mol. The molecule has 144 valence electrons. The van der Waals surface area contributed by atoms with E-state index in [0.717, 1.165) is 50.9 Å². The van der Waals surface area contributed by atoms with Crippen molar-refractivity contribution in [2.45, 2.75) is 19.3 Å². The molecular formula is C21H23N5OS. The van der Waals surface area contributed by atoms with Crippen molar-refractivity contribution in [2.24, 2.45) is 7.05 Å². The first-order valence-corrected chi connectivity index (χ1v) is 10.4. The summed E-state index contributed by atoms with van der Waals surface area (Å²) < 4.78 is 8.73. The number of rotatable bonds is 4. The van der Waals surface area contributed by atoms with Crippen molar-refractivity contribution >= 4 is 49.1 Å². The Bertz CT molecular complexity index is 1140. The van der Waals surface area contributed by atoms with Gasteiger partial charge >= 0.3 is 0 Å². The standard InChI is InChI=1S/C21H23N5OS/c1-25-13-22-19-16(25)7-9-18-20(19)24-21(28-18)23-15-12-14(6-8-17(15)27-2)26-10-4-3-5-11-26/h6-9,12-13H,3-5,10-11H2,1-2H3,(H,23,24). The Morgan fingerprint density at radius 2 is 1.93 bits per heavy atom. The summed E-state index contributed by atoms with van der Waals surface area (Å²) in [7, 11) is 3.71. The number of hydrogen-bond acceptors (Lipinski definition) is 6. The van der Waals surface area contributed by atoms with Crippen LogP contribution in [0.15, 0.2) is 36.7 Å². The van der Waals surface area contributed by atoms with Crippen LogP contribution in [0.2, 0.25) is 0 Å². The molecule has 4 aromatic rings. The van der Waals surface area contributed by atoms with Gasteiger partial charge in [-0.2, -0.15) is 0 Å². The summed E-state index contributed by atoms with van der Waals surface area (Å²) in [6.07, 6.45) is 5.67. The maximum atomic E-state index is 5.59. The molecule has 0 unspecified atom stereocenters. The van der Waals surface area contributed by atoms with Crippen LogP contribution in [0.4, 0.5) is 16.5 Å². The number of nitrogens with zero attached hydrogens (tertiary/aromatic N) is 4. The zero-order valence-corrected chi connectivity index (χ0v) is 16.9. The van der Waals surface area contributed by atoms with E-state index < -0.39 is 0 Å². The van der Waals surface area contributed by atoms with E-state index in [0.29, 0.717) is 0 Å². The Balaban J connectivity index is 1.51. The number of imidazole rings is 1. The molecule has 7 heteroatoms. The number of aryl methyl sites for hydroxylation is 1. The molecule has 0 radical (unpaired) electrons. The first kappa shape index (κ1) is 17.3. The van der Waals surface area contributed by atoms with Gasteiger partial charge in [-0.3, -0.25) is 0 Å². The van der Waals surface area contributed by atoms with Gasteiger partial charge in [-0.1, -0.05) is 11.3 Å². The summed E-state index contributed by atoms with van der Waals surface area (Å²) >= 11 is 1.64. The van der Waals surface area contributed by atoms with Gasteiger partial charge in [0.05, 0.1) is 29.3 Å². The number of nitrogens with one attached hydrogen (secondary N) is 1. The molecule has 1 saturated heterocycles. The van der Waals surface area contributed by atoms with E-state index in [1.54, 1.807) is 18.4 Å². The molecule has 0 saturated carbocycles. The van der Waals surface area contributed by atoms with Crippen LogP contribution in [0.1, 0.15) is 19.3 Å². The third-order valence-electron chi connectivity index (χ3n) is 5.40. The van der Waals surface area contributed by atoms with Gasteiger partial charge in [0.1, 0.15) is 16.8 Å². The van der Waals surface area contributed by atoms with E-state index in [-0.39, 0.29) is 0 Å². The number of anilines is 3. The van der Waals surface area contributed by atoms with E-state index in [1.807, 2.05) is 24.0 Å². The molecule has 1 aliphatic heterocycles. The number of methoxy groups -OCH3 is 1. The lowest BCUT2D eigenvalue weighted by molar-refractivity contribution is 0.417. The first-order valence-electron chi connectivity index (χ1n) is 9.63. The summed E-state index contributed by atoms with van der Waals surface area (Å²) in [5.74, 6) is 0.822. The van der Waals surface area contributed by atoms with E-state index in [4.69, 9.17) is 9.72 Å². The lowest BCUT2D eigenvalue weighted by Crippen LogP contribution is -2.29. The van der Waals surface area contributed by atoms with Gasteiger partial charge in [0.15, 0.2) is 5.13 Å². The third kappa shape index (κ3) is 2.96. The van der Waals surface area contributed by atoms with Crippen LogP contribution in [0.5, 0.6) is 5.75 Å². The van der Waals surface area contributed by atoms with E-state index >= 15 is 0 Å². The van der Waals surface area contributed by atoms with Crippen LogP contribution >= 0.6 is 11.3 Å². The predicted molar refractivity (Wildman–Crippen MR) is 116 cm³/mol. The van der Waals surface area contributed by atoms with Gasteiger partial charge in [0.2, 0.25) is 0 Å². The molecular weight excluding hydrogens is 370 g/mol. The average Bonchev–Trinajstić information content (AvgIpc) is 3.31. The molecule has 5 rings (SSSR count). The molecule has 0 aliphatic carbocycles. The highest BCUT2D eigenvalue weighted by Gasteiger charge is 2.15. The van der Waals surface area contributed by atoms with Gasteiger partial charge in [0, 0.05) is 25.8 Å². The van der Waals surface area contributed by atoms with Gasteiger partial charge in [-0.25, -0.2) is 9.97 Å². The van der Waals surface area contributed by atoms with Crippen molar-refractivity contribution < 1.29 is 4.74 Å². The van der Waals surface area contributed by atoms with Crippen molar-refractivity contribution in [2.75, 3.05) is 30.4 Å². The summed E-state index contributed by atoms with van der Waals surface area (Å²) in [6.45, 7) is 2.23. The molecule has 1 fully saturated rings. The van der Waals surface area contributed by atoms with Gasteiger partial charge in [0.25, 0.3) is 0 Å². The third-order valence-corrected chi connectivity index (χ3v) is 6.33. The zero-order valence-electron chi connectivity index (χ0n) is 16.1. The maximum absolute atomic E-state index is 5.59. The lowest BCUT2D eigenvalue weighted by Gasteiger charge is -2.29. The van der Waals surface area contributed by atoms with Gasteiger partial charge < -0.3 is 19.5 Å². The lowest BCUT2D eigenvalue weighted by atomic mass is 10.1. The van der Waals surface area contributed by atoms with Crippen LogP contribution in [0.3, 0.4) is 0 Å². The van der Waals surface area contributed by atoms with Crippen molar-refractivity contribution in [3.05, 3.63) is 36.7 Å². The Hall–Kier alpha value is -2.80. The molecule has 0 atom stereocenters. The minimum absolute atomic E-state index is 0.822. The van der Waals surface area contributed by atoms with Crippen molar-refractivity contribution in [1.29, 1.82) is 0 Å². The molecule has 6 nitrogen and oxygen atoms in total. The summed E-state index contributed by atoms with van der Waals surface area (Å²) in [5.41, 5.74) is 5.15. The second-order valence-electron chi connectivity index (χ2n) is 7.21. The van der Waals surface area contributed by atoms with Gasteiger partial charge in [-0.15, -0.1) is 0 Å². The fourth-order valence-electron chi connectivity index (χ4n) is 3.90. The van der Waals surface area contributed by atoms with E-state index in [2.05, 4.69) is 39.5 Å². The maximum Gasteiger partial charge on any atom is 0.188 e. The van der Waals surface area contributed by atoms with Crippen LogP contribution in [-0.2, 0) is 7.05 Å². The molecule has 3 heterocycles. The number of ether oxygens (including phenoxy) is 1. The Morgan fingerprint density at radius 3 is 2.75 bits per heavy atom. The highest BCUT2D eigenvalue weighted by atomic mass is 32.1. The number of hydrogen-bond donors (Lipinski definition) is 1. The van der Waals surface area contributed by atoms with Gasteiger partial charge in [-0.05, 0) is 49.6 Å². The van der Waals surface area contributed by atoms with Crippen molar-refractivity contribution in [3.63, 3.8) is 0 Å². The Labute approximate surface area is 167 Å². The topological polar surface area (TPSA) is 55.2 Å². The fourth-order valence-corrected chi connectivity index (χ4v) is 4.78. The molecule has 0 spiro atoms. The second kappa shape index (κ2) is 6.98. The summed E-state index contributed by atoms with van der Waals surface area (Å²) in [6, 6.07) is 10.6. The monoisotopic (exact) mass is 393 g/mol. The largest absolute Gasteiger partial charge is 0.495 e. The normalized spacial score (nSPS) is 14.7. The van der Waals surface area contributed by atoms with E-state index in [9.17, 15) is 0 Å². The highest BCUT2D eigenvalue weighted by molar-refractivity contribution is 7.22. The number of piperidine rings is 1. The smallest absolute Gasteiger partial charge is 0.188 e. The van der Waals surface area contributed by atoms with Crippen LogP contribution < -0.4 is 15.0 Å².